The van der Waals surface area contributed by atoms with Gasteiger partial charge in [-0.25, -0.2) is 14.4 Å². The van der Waals surface area contributed by atoms with Crippen LogP contribution in [0.4, 0.5) is 10.2 Å². The van der Waals surface area contributed by atoms with Crippen molar-refractivity contribution in [3.05, 3.63) is 86.9 Å². The molecule has 4 heterocycles. The quantitative estimate of drug-likeness (QED) is 0.0849. The number of carbonyl (C=O) groups excluding carboxylic acids is 3. The Morgan fingerprint density at radius 3 is 2.45 bits per heavy atom. The van der Waals surface area contributed by atoms with Gasteiger partial charge in [0.15, 0.2) is 11.5 Å². The van der Waals surface area contributed by atoms with Crippen molar-refractivity contribution in [3.63, 3.8) is 0 Å². The molecular formula is C44H53BrFN7O5. The van der Waals surface area contributed by atoms with Gasteiger partial charge in [-0.2, -0.15) is 0 Å². The third kappa shape index (κ3) is 9.95. The van der Waals surface area contributed by atoms with Crippen LogP contribution in [0.3, 0.4) is 0 Å². The van der Waals surface area contributed by atoms with E-state index < -0.39 is 11.9 Å². The zero-order valence-electron chi connectivity index (χ0n) is 33.6. The van der Waals surface area contributed by atoms with Gasteiger partial charge in [-0.15, -0.1) is 0 Å². The summed E-state index contributed by atoms with van der Waals surface area (Å²) in [6.45, 7) is 10.9. The Hall–Kier alpha value is -4.66. The summed E-state index contributed by atoms with van der Waals surface area (Å²) in [6.07, 6.45) is 6.21. The second-order valence-electron chi connectivity index (χ2n) is 15.6. The second-order valence-corrected chi connectivity index (χ2v) is 16.5. The van der Waals surface area contributed by atoms with Crippen molar-refractivity contribution in [2.24, 2.45) is 0 Å². The number of rotatable bonds is 17. The first kappa shape index (κ1) is 41.5. The van der Waals surface area contributed by atoms with Gasteiger partial charge in [0, 0.05) is 60.6 Å². The molecule has 0 saturated carbocycles. The topological polar surface area (TPSA) is 129 Å². The summed E-state index contributed by atoms with van der Waals surface area (Å²) in [7, 11) is 1.66. The zero-order chi connectivity index (χ0) is 40.8. The van der Waals surface area contributed by atoms with E-state index >= 15 is 4.39 Å². The molecule has 0 bridgehead atoms. The first-order chi connectivity index (χ1) is 28.1. The Labute approximate surface area is 348 Å². The Morgan fingerprint density at radius 2 is 1.71 bits per heavy atom. The number of carbonyl (C=O) groups is 3. The Morgan fingerprint density at radius 1 is 0.948 bits per heavy atom. The molecule has 2 fully saturated rings. The zero-order valence-corrected chi connectivity index (χ0v) is 35.2. The molecule has 2 atom stereocenters. The van der Waals surface area contributed by atoms with Gasteiger partial charge in [-0.05, 0) is 100.0 Å². The normalized spacial score (nSPS) is 18.1. The number of piperazine rings is 1. The third-order valence-corrected chi connectivity index (χ3v) is 12.0. The van der Waals surface area contributed by atoms with Crippen LogP contribution in [0.1, 0.15) is 90.8 Å². The number of ether oxygens (including phenoxy) is 2. The van der Waals surface area contributed by atoms with E-state index in [4.69, 9.17) is 19.4 Å². The van der Waals surface area contributed by atoms with Gasteiger partial charge in [0.05, 0.1) is 25.3 Å². The highest BCUT2D eigenvalue weighted by Crippen LogP contribution is 2.36. The number of amides is 3. The van der Waals surface area contributed by atoms with Gasteiger partial charge < -0.3 is 29.5 Å². The van der Waals surface area contributed by atoms with Crippen LogP contribution in [0.15, 0.2) is 53.0 Å². The lowest BCUT2D eigenvalue weighted by atomic mass is 10.0. The molecule has 2 N–H and O–H groups in total. The van der Waals surface area contributed by atoms with E-state index in [2.05, 4.69) is 55.4 Å². The van der Waals surface area contributed by atoms with Crippen LogP contribution < -0.4 is 20.1 Å². The lowest BCUT2D eigenvalue weighted by molar-refractivity contribution is -0.136. The van der Waals surface area contributed by atoms with E-state index in [1.54, 1.807) is 13.2 Å². The molecule has 0 radical (unpaired) electrons. The fraction of sp³-hybridized carbons (Fsp3) is 0.477. The molecule has 0 spiro atoms. The van der Waals surface area contributed by atoms with Crippen molar-refractivity contribution in [2.75, 3.05) is 58.3 Å². The number of nitrogens with one attached hydrogen (secondary N) is 2. The smallest absolute Gasteiger partial charge is 0.255 e. The molecule has 3 aliphatic rings. The van der Waals surface area contributed by atoms with Crippen molar-refractivity contribution < 1.29 is 28.2 Å². The highest BCUT2D eigenvalue weighted by molar-refractivity contribution is 9.10. The summed E-state index contributed by atoms with van der Waals surface area (Å²) < 4.78 is 28.1. The maximum absolute atomic E-state index is 15.1. The van der Waals surface area contributed by atoms with Crippen molar-refractivity contribution in [1.29, 1.82) is 0 Å². The van der Waals surface area contributed by atoms with Crippen LogP contribution in [0.5, 0.6) is 11.5 Å². The van der Waals surface area contributed by atoms with E-state index in [1.165, 1.54) is 11.0 Å². The van der Waals surface area contributed by atoms with Crippen LogP contribution >= 0.6 is 15.9 Å². The first-order valence-corrected chi connectivity index (χ1v) is 21.3. The Bertz CT molecular complexity index is 2150. The number of aromatic nitrogens is 2. The largest absolute Gasteiger partial charge is 0.493 e. The SMILES string of the molecule is COc1cc2c(NC(C)c3cccc(Br)c3)nc(C)nc2cc1OCCCCCCN1CCN(CCCc2cc3c(cc2F)C(=O)N(C2CCC(=O)NC2=O)C3)CC1. The number of piperidine rings is 1. The third-order valence-electron chi connectivity index (χ3n) is 11.5. The molecule has 4 aromatic rings. The molecule has 12 nitrogen and oxygen atoms in total. The van der Waals surface area contributed by atoms with Gasteiger partial charge in [0.25, 0.3) is 5.91 Å². The average Bonchev–Trinajstić information content (AvgIpc) is 3.51. The number of hydrogen-bond acceptors (Lipinski definition) is 10. The minimum absolute atomic E-state index is 0.0364. The standard InChI is InChI=1S/C44H53BrFN7O5/c1-28(30-10-8-12-33(45)23-30)47-42-35-25-39(57-3)40(26-37(35)48-29(2)49-42)58-21-7-5-4-6-15-51-17-19-52(20-18-51)16-9-11-31-22-32-27-53(44(56)34(32)24-36(31)46)38-13-14-41(54)50-43(38)55/h8,10,12,22-26,28,38H,4-7,9,11,13-21,27H2,1-3H3,(H,47,48,49)(H,50,54,55). The Balaban J connectivity index is 0.792. The number of unbranched alkanes of at least 4 members (excludes halogenated alkanes) is 3. The summed E-state index contributed by atoms with van der Waals surface area (Å²) in [5.74, 6) is 1.27. The summed E-state index contributed by atoms with van der Waals surface area (Å²) in [4.78, 5) is 52.8. The van der Waals surface area contributed by atoms with E-state index in [9.17, 15) is 14.4 Å². The second kappa shape index (κ2) is 18.9. The number of benzene rings is 3. The molecule has 3 aromatic carbocycles. The van der Waals surface area contributed by atoms with E-state index in [0.717, 1.165) is 104 Å². The summed E-state index contributed by atoms with van der Waals surface area (Å²) in [5, 5.41) is 6.75. The highest BCUT2D eigenvalue weighted by atomic mass is 79.9. The number of aryl methyl sites for hydroxylation is 2. The first-order valence-electron chi connectivity index (χ1n) is 20.5. The molecule has 58 heavy (non-hydrogen) atoms. The molecule has 2 saturated heterocycles. The molecule has 3 aliphatic heterocycles. The highest BCUT2D eigenvalue weighted by Gasteiger charge is 2.39. The maximum Gasteiger partial charge on any atom is 0.255 e. The van der Waals surface area contributed by atoms with E-state index in [-0.39, 0.29) is 43.1 Å². The van der Waals surface area contributed by atoms with Gasteiger partial charge in [0.2, 0.25) is 11.8 Å². The lowest BCUT2D eigenvalue weighted by Gasteiger charge is -2.34. The molecule has 1 aromatic heterocycles. The van der Waals surface area contributed by atoms with Crippen LogP contribution in [0.25, 0.3) is 10.9 Å². The predicted octanol–water partition coefficient (Wildman–Crippen LogP) is 6.97. The molecule has 0 aliphatic carbocycles. The molecule has 3 amide bonds. The van der Waals surface area contributed by atoms with Crippen molar-refractivity contribution in [1.82, 2.24) is 30.0 Å². The Kier molecular flexibility index (Phi) is 13.6. The lowest BCUT2D eigenvalue weighted by Crippen LogP contribution is -2.52. The minimum Gasteiger partial charge on any atom is -0.493 e. The number of halogens is 2. The van der Waals surface area contributed by atoms with Crippen molar-refractivity contribution in [2.45, 2.75) is 83.8 Å². The van der Waals surface area contributed by atoms with Gasteiger partial charge in [-0.3, -0.25) is 19.7 Å². The molecule has 308 valence electrons. The van der Waals surface area contributed by atoms with Crippen molar-refractivity contribution in [3.8, 4) is 11.5 Å². The molecule has 2 unspecified atom stereocenters. The number of imide groups is 1. The fourth-order valence-corrected chi connectivity index (χ4v) is 8.65. The fourth-order valence-electron chi connectivity index (χ4n) is 8.23. The number of nitrogens with zero attached hydrogens (tertiary/aromatic N) is 5. The molecular weight excluding hydrogens is 805 g/mol. The molecule has 7 rings (SSSR count). The van der Waals surface area contributed by atoms with Crippen LogP contribution in [-0.4, -0.2) is 101 Å². The summed E-state index contributed by atoms with van der Waals surface area (Å²) in [5.41, 5.74) is 3.62. The van der Waals surface area contributed by atoms with E-state index in [1.807, 2.05) is 31.2 Å². The molecule has 14 heteroatoms. The number of methoxy groups -OCH3 is 1. The van der Waals surface area contributed by atoms with Crippen LogP contribution in [0.2, 0.25) is 0 Å². The average molecular weight is 859 g/mol. The van der Waals surface area contributed by atoms with Crippen molar-refractivity contribution >= 4 is 50.4 Å². The van der Waals surface area contributed by atoms with Crippen LogP contribution in [-0.2, 0) is 22.6 Å². The van der Waals surface area contributed by atoms with Gasteiger partial charge in [-0.1, -0.05) is 47.0 Å². The van der Waals surface area contributed by atoms with Crippen LogP contribution in [0, 0.1) is 12.7 Å². The summed E-state index contributed by atoms with van der Waals surface area (Å²) in [6, 6.07) is 14.6. The summed E-state index contributed by atoms with van der Waals surface area (Å²) >= 11 is 3.57. The number of hydrogen-bond donors (Lipinski definition) is 2. The monoisotopic (exact) mass is 857 g/mol. The number of anilines is 1. The van der Waals surface area contributed by atoms with E-state index in [0.29, 0.717) is 41.5 Å². The predicted molar refractivity (Wildman–Crippen MR) is 225 cm³/mol. The van der Waals surface area contributed by atoms with Gasteiger partial charge >= 0.3 is 0 Å². The maximum atomic E-state index is 15.1. The minimum atomic E-state index is -0.702. The van der Waals surface area contributed by atoms with Gasteiger partial charge in [0.1, 0.15) is 23.5 Å². The number of fused-ring (bicyclic) bond motifs is 2.